The quantitative estimate of drug-likeness (QED) is 0.393. The van der Waals surface area contributed by atoms with E-state index in [9.17, 15) is 28.7 Å². The van der Waals surface area contributed by atoms with Crippen molar-refractivity contribution in [3.8, 4) is 16.9 Å². The second-order valence-electron chi connectivity index (χ2n) is 10.9. The number of anilines is 1. The number of fused-ring (bicyclic) bond motifs is 1. The number of ether oxygens (including phenoxy) is 1. The van der Waals surface area contributed by atoms with Crippen molar-refractivity contribution >= 4 is 29.2 Å². The molecule has 2 aromatic carbocycles. The summed E-state index contributed by atoms with van der Waals surface area (Å²) in [5.74, 6) is -0.904. The number of phenols is 1. The highest BCUT2D eigenvalue weighted by molar-refractivity contribution is 6.33. The number of hydrogen-bond donors (Lipinski definition) is 2. The van der Waals surface area contributed by atoms with Gasteiger partial charge in [0, 0.05) is 50.2 Å². The largest absolute Gasteiger partial charge is 0.508 e. The van der Waals surface area contributed by atoms with Gasteiger partial charge < -0.3 is 25.0 Å². The fraction of sp³-hybridized carbons (Fsp3) is 0.400. The van der Waals surface area contributed by atoms with E-state index in [4.69, 9.17) is 16.3 Å². The minimum absolute atomic E-state index is 0.0138. The lowest BCUT2D eigenvalue weighted by atomic mass is 10.0. The summed E-state index contributed by atoms with van der Waals surface area (Å²) in [6, 6.07) is 7.95. The van der Waals surface area contributed by atoms with Crippen LogP contribution in [0, 0.1) is 5.82 Å². The van der Waals surface area contributed by atoms with Crippen molar-refractivity contribution in [2.45, 2.75) is 44.8 Å². The van der Waals surface area contributed by atoms with Crippen LogP contribution in [0.4, 0.5) is 14.9 Å². The molecule has 3 heterocycles. The van der Waals surface area contributed by atoms with E-state index in [0.29, 0.717) is 44.6 Å². The molecule has 5 rings (SSSR count). The van der Waals surface area contributed by atoms with E-state index in [1.54, 1.807) is 28.9 Å². The standard InChI is InChI=1S/C30H33ClFN5O6/c1-18(17-43-2)37-28(40)23(22-4-3-5-24(32)27(22)31)15-35(30(37)42)16-26(39)34-11-9-20(10-12-34)36-13-8-19-14-21(38)6-7-25(19)33-29(36)41/h3-7,14-15,18,20,38H,8-13,16-17H2,1-2H3,(H,33,41)/t18-/m1/s1. The molecule has 0 radical (unpaired) electrons. The van der Waals surface area contributed by atoms with E-state index in [0.717, 1.165) is 14.7 Å². The lowest BCUT2D eigenvalue weighted by Gasteiger charge is -2.38. The number of aromatic nitrogens is 2. The Kier molecular flexibility index (Phi) is 8.88. The fourth-order valence-electron chi connectivity index (χ4n) is 5.79. The van der Waals surface area contributed by atoms with Crippen LogP contribution in [0.1, 0.15) is 31.4 Å². The van der Waals surface area contributed by atoms with Gasteiger partial charge in [-0.2, -0.15) is 0 Å². The highest BCUT2D eigenvalue weighted by atomic mass is 35.5. The van der Waals surface area contributed by atoms with Gasteiger partial charge in [-0.3, -0.25) is 18.7 Å². The van der Waals surface area contributed by atoms with Crippen molar-refractivity contribution in [1.82, 2.24) is 18.9 Å². The first-order valence-corrected chi connectivity index (χ1v) is 14.4. The molecule has 2 N–H and O–H groups in total. The number of carbonyl (C=O) groups is 2. The van der Waals surface area contributed by atoms with Crippen LogP contribution in [0.25, 0.3) is 11.1 Å². The van der Waals surface area contributed by atoms with Crippen molar-refractivity contribution in [2.75, 3.05) is 38.7 Å². The minimum atomic E-state index is -0.716. The number of amides is 3. The molecule has 0 spiro atoms. The number of nitrogens with zero attached hydrogens (tertiary/aromatic N) is 4. The van der Waals surface area contributed by atoms with Gasteiger partial charge in [0.2, 0.25) is 5.91 Å². The topological polar surface area (TPSA) is 126 Å². The summed E-state index contributed by atoms with van der Waals surface area (Å²) in [6.45, 7) is 2.58. The summed E-state index contributed by atoms with van der Waals surface area (Å²) in [5.41, 5.74) is 0.262. The number of halogens is 2. The number of rotatable bonds is 7. The number of carbonyl (C=O) groups excluding carboxylic acids is 2. The molecule has 1 saturated heterocycles. The van der Waals surface area contributed by atoms with Crippen molar-refractivity contribution < 1.29 is 23.8 Å². The van der Waals surface area contributed by atoms with Gasteiger partial charge in [0.25, 0.3) is 5.56 Å². The Morgan fingerprint density at radius 3 is 2.60 bits per heavy atom. The van der Waals surface area contributed by atoms with E-state index in [2.05, 4.69) is 5.32 Å². The molecule has 2 aliphatic heterocycles. The van der Waals surface area contributed by atoms with Crippen molar-refractivity contribution in [1.29, 1.82) is 0 Å². The first kappa shape index (κ1) is 30.3. The van der Waals surface area contributed by atoms with Crippen molar-refractivity contribution in [3.63, 3.8) is 0 Å². The lowest BCUT2D eigenvalue weighted by Crippen LogP contribution is -2.51. The molecule has 43 heavy (non-hydrogen) atoms. The van der Waals surface area contributed by atoms with Crippen LogP contribution < -0.4 is 16.6 Å². The van der Waals surface area contributed by atoms with Crippen LogP contribution in [0.3, 0.4) is 0 Å². The molecule has 0 bridgehead atoms. The van der Waals surface area contributed by atoms with Crippen molar-refractivity contribution in [3.05, 3.63) is 79.8 Å². The average Bonchev–Trinajstić information content (AvgIpc) is 3.14. The number of nitrogens with one attached hydrogen (secondary N) is 1. The van der Waals surface area contributed by atoms with Crippen LogP contribution in [0.5, 0.6) is 5.75 Å². The second kappa shape index (κ2) is 12.6. The monoisotopic (exact) mass is 613 g/mol. The summed E-state index contributed by atoms with van der Waals surface area (Å²) in [4.78, 5) is 56.6. The molecule has 1 fully saturated rings. The third-order valence-electron chi connectivity index (χ3n) is 8.05. The average molecular weight is 614 g/mol. The van der Waals surface area contributed by atoms with Gasteiger partial charge in [0.1, 0.15) is 18.1 Å². The maximum atomic E-state index is 14.3. The number of benzene rings is 2. The molecule has 3 amide bonds. The number of likely N-dealkylation sites (tertiary alicyclic amines) is 1. The molecule has 228 valence electrons. The first-order chi connectivity index (χ1) is 20.6. The minimum Gasteiger partial charge on any atom is -0.508 e. The Bertz CT molecular complexity index is 1670. The predicted molar refractivity (Wildman–Crippen MR) is 159 cm³/mol. The summed E-state index contributed by atoms with van der Waals surface area (Å²) in [6.07, 6.45) is 2.93. The summed E-state index contributed by atoms with van der Waals surface area (Å²) >= 11 is 6.19. The zero-order chi connectivity index (χ0) is 30.8. The summed E-state index contributed by atoms with van der Waals surface area (Å²) in [5, 5.41) is 12.5. The molecule has 11 nitrogen and oxygen atoms in total. The highest BCUT2D eigenvalue weighted by Crippen LogP contribution is 2.29. The smallest absolute Gasteiger partial charge is 0.331 e. The van der Waals surface area contributed by atoms with Crippen LogP contribution in [0.15, 0.2) is 52.2 Å². The Balaban J connectivity index is 1.33. The SMILES string of the molecule is COC[C@@H](C)n1c(=O)c(-c2cccc(F)c2Cl)cn(CC(=O)N2CCC(N3CCc4cc(O)ccc4NC3=O)CC2)c1=O. The molecule has 3 aromatic rings. The van der Waals surface area contributed by atoms with Crippen LogP contribution >= 0.6 is 11.6 Å². The van der Waals surface area contributed by atoms with Gasteiger partial charge in [-0.15, -0.1) is 0 Å². The highest BCUT2D eigenvalue weighted by Gasteiger charge is 2.32. The third-order valence-corrected chi connectivity index (χ3v) is 8.44. The Morgan fingerprint density at radius 2 is 1.88 bits per heavy atom. The third kappa shape index (κ3) is 6.16. The molecule has 0 saturated carbocycles. The van der Waals surface area contributed by atoms with Gasteiger partial charge in [-0.25, -0.2) is 14.0 Å². The molecule has 1 aromatic heterocycles. The number of hydrogen-bond acceptors (Lipinski definition) is 6. The maximum Gasteiger partial charge on any atom is 0.331 e. The van der Waals surface area contributed by atoms with Crippen LogP contribution in [0.2, 0.25) is 5.02 Å². The number of aromatic hydroxyl groups is 1. The van der Waals surface area contributed by atoms with Gasteiger partial charge in [0.15, 0.2) is 0 Å². The van der Waals surface area contributed by atoms with E-state index in [1.165, 1.54) is 37.6 Å². The lowest BCUT2D eigenvalue weighted by molar-refractivity contribution is -0.133. The normalized spacial score (nSPS) is 16.4. The Labute approximate surface area is 252 Å². The maximum absolute atomic E-state index is 14.3. The van der Waals surface area contributed by atoms with Gasteiger partial charge in [-0.05, 0) is 56.0 Å². The van der Waals surface area contributed by atoms with E-state index < -0.39 is 23.1 Å². The Hall–Kier alpha value is -4.16. The second-order valence-corrected chi connectivity index (χ2v) is 11.2. The fourth-order valence-corrected chi connectivity index (χ4v) is 6.02. The molecule has 2 aliphatic rings. The van der Waals surface area contributed by atoms with E-state index >= 15 is 0 Å². The van der Waals surface area contributed by atoms with Gasteiger partial charge in [0.05, 0.1) is 23.2 Å². The summed E-state index contributed by atoms with van der Waals surface area (Å²) in [7, 11) is 1.44. The Morgan fingerprint density at radius 1 is 1.14 bits per heavy atom. The molecular formula is C30H33ClFN5O6. The van der Waals surface area contributed by atoms with Crippen LogP contribution in [-0.2, 0) is 22.5 Å². The summed E-state index contributed by atoms with van der Waals surface area (Å²) < 4.78 is 21.6. The molecular weight excluding hydrogens is 581 g/mol. The zero-order valence-corrected chi connectivity index (χ0v) is 24.6. The van der Waals surface area contributed by atoms with Crippen molar-refractivity contribution in [2.24, 2.45) is 0 Å². The van der Waals surface area contributed by atoms with Crippen LogP contribution in [-0.4, -0.2) is 75.4 Å². The first-order valence-electron chi connectivity index (χ1n) is 14.1. The molecule has 13 heteroatoms. The molecule has 0 aliphatic carbocycles. The number of methoxy groups -OCH3 is 1. The number of phenolic OH excluding ortho intramolecular Hbond substituents is 1. The van der Waals surface area contributed by atoms with E-state index in [1.807, 2.05) is 0 Å². The van der Waals surface area contributed by atoms with Gasteiger partial charge >= 0.3 is 11.7 Å². The number of urea groups is 1. The molecule has 1 atom stereocenters. The molecule has 0 unspecified atom stereocenters. The van der Waals surface area contributed by atoms with E-state index in [-0.39, 0.29) is 53.0 Å². The predicted octanol–water partition coefficient (Wildman–Crippen LogP) is 3.46. The van der Waals surface area contributed by atoms with Gasteiger partial charge in [-0.1, -0.05) is 23.7 Å². The number of piperidine rings is 1. The zero-order valence-electron chi connectivity index (χ0n) is 23.9.